The highest BCUT2D eigenvalue weighted by molar-refractivity contribution is 5.94. The second-order valence-electron chi connectivity index (χ2n) is 11.1. The van der Waals surface area contributed by atoms with Gasteiger partial charge in [0.25, 0.3) is 0 Å². The minimum absolute atomic E-state index is 0.521. The molecule has 0 fully saturated rings. The Morgan fingerprint density at radius 1 is 0.548 bits per heavy atom. The van der Waals surface area contributed by atoms with Crippen LogP contribution in [0.5, 0.6) is 11.5 Å². The van der Waals surface area contributed by atoms with Crippen LogP contribution in [0.1, 0.15) is 38.9 Å². The summed E-state index contributed by atoms with van der Waals surface area (Å²) in [6, 6.07) is 47.2. The van der Waals surface area contributed by atoms with E-state index in [-0.39, 0.29) is 0 Å². The smallest absolute Gasteiger partial charge is 0.132 e. The van der Waals surface area contributed by atoms with Crippen molar-refractivity contribution in [3.05, 3.63) is 179 Å². The molecule has 8 rings (SSSR count). The first-order valence-corrected chi connectivity index (χ1v) is 14.4. The summed E-state index contributed by atoms with van der Waals surface area (Å²) in [5, 5.41) is 0. The molecule has 0 bridgehead atoms. The molecule has 0 saturated heterocycles. The van der Waals surface area contributed by atoms with Crippen LogP contribution in [0.3, 0.4) is 0 Å². The Hall–Kier alpha value is -5.34. The van der Waals surface area contributed by atoms with Crippen LogP contribution in [0.15, 0.2) is 140 Å². The number of fused-ring (bicyclic) bond motifs is 9. The lowest BCUT2D eigenvalue weighted by Gasteiger charge is -2.39. The third-order valence-corrected chi connectivity index (χ3v) is 8.98. The Morgan fingerprint density at radius 2 is 1.12 bits per heavy atom. The minimum Gasteiger partial charge on any atom is -0.457 e. The summed E-state index contributed by atoms with van der Waals surface area (Å²) in [6.45, 7) is 4.03. The van der Waals surface area contributed by atoms with Gasteiger partial charge in [-0.2, -0.15) is 0 Å². The molecule has 1 aliphatic heterocycles. The molecule has 2 N–H and O–H groups in total. The SMILES string of the molecule is C=Cc1ccccc1Cc1ccccc1-c1cc2c(cc1N)C1(c3ccccc3Oc3ccccc31)c1ccccc1-2. The molecule has 1 heterocycles. The van der Waals surface area contributed by atoms with Crippen molar-refractivity contribution in [1.29, 1.82) is 0 Å². The highest BCUT2D eigenvalue weighted by Crippen LogP contribution is 2.62. The number of hydrogen-bond donors (Lipinski definition) is 1. The van der Waals surface area contributed by atoms with Crippen molar-refractivity contribution in [2.24, 2.45) is 0 Å². The molecule has 0 amide bonds. The Morgan fingerprint density at radius 3 is 1.83 bits per heavy atom. The normalized spacial score (nSPS) is 13.4. The fraction of sp³-hybridized carbons (Fsp3) is 0.0500. The van der Waals surface area contributed by atoms with Gasteiger partial charge in [-0.25, -0.2) is 0 Å². The minimum atomic E-state index is -0.521. The number of nitrogen functional groups attached to an aromatic ring is 1. The lowest BCUT2D eigenvalue weighted by molar-refractivity contribution is 0.436. The highest BCUT2D eigenvalue weighted by Gasteiger charge is 2.51. The molecule has 0 unspecified atom stereocenters. The zero-order chi connectivity index (χ0) is 28.3. The maximum Gasteiger partial charge on any atom is 0.132 e. The van der Waals surface area contributed by atoms with Gasteiger partial charge < -0.3 is 10.5 Å². The summed E-state index contributed by atoms with van der Waals surface area (Å²) in [7, 11) is 0. The van der Waals surface area contributed by atoms with Gasteiger partial charge >= 0.3 is 0 Å². The molecule has 6 aromatic carbocycles. The van der Waals surface area contributed by atoms with Crippen molar-refractivity contribution in [2.75, 3.05) is 5.73 Å². The van der Waals surface area contributed by atoms with Crippen molar-refractivity contribution < 1.29 is 4.74 Å². The summed E-state index contributed by atoms with van der Waals surface area (Å²) in [5.74, 6) is 1.76. The van der Waals surface area contributed by atoms with Gasteiger partial charge in [0.05, 0.1) is 5.41 Å². The average molecular weight is 540 g/mol. The van der Waals surface area contributed by atoms with Crippen LogP contribution >= 0.6 is 0 Å². The Labute approximate surface area is 246 Å². The molecule has 0 atom stereocenters. The van der Waals surface area contributed by atoms with Gasteiger partial charge in [0.15, 0.2) is 0 Å². The maximum atomic E-state index is 7.06. The lowest BCUT2D eigenvalue weighted by Crippen LogP contribution is -2.32. The van der Waals surface area contributed by atoms with Crippen molar-refractivity contribution in [1.82, 2.24) is 0 Å². The van der Waals surface area contributed by atoms with Crippen molar-refractivity contribution in [3.8, 4) is 33.8 Å². The van der Waals surface area contributed by atoms with E-state index in [1.165, 1.54) is 33.4 Å². The number of rotatable bonds is 4. The molecule has 1 aliphatic carbocycles. The van der Waals surface area contributed by atoms with Crippen molar-refractivity contribution in [2.45, 2.75) is 11.8 Å². The molecule has 42 heavy (non-hydrogen) atoms. The Balaban J connectivity index is 1.39. The summed E-state index contributed by atoms with van der Waals surface area (Å²) in [6.07, 6.45) is 2.73. The van der Waals surface area contributed by atoms with E-state index in [2.05, 4.69) is 128 Å². The van der Waals surface area contributed by atoms with Crippen LogP contribution in [-0.4, -0.2) is 0 Å². The monoisotopic (exact) mass is 539 g/mol. The second-order valence-corrected chi connectivity index (χ2v) is 11.1. The van der Waals surface area contributed by atoms with Crippen LogP contribution in [0.2, 0.25) is 0 Å². The van der Waals surface area contributed by atoms with E-state index >= 15 is 0 Å². The van der Waals surface area contributed by atoms with Crippen LogP contribution in [0.4, 0.5) is 5.69 Å². The zero-order valence-electron chi connectivity index (χ0n) is 23.2. The topological polar surface area (TPSA) is 35.2 Å². The van der Waals surface area contributed by atoms with Gasteiger partial charge in [-0.15, -0.1) is 0 Å². The van der Waals surface area contributed by atoms with Crippen LogP contribution in [0, 0.1) is 0 Å². The molecule has 2 aliphatic rings. The number of ether oxygens (including phenoxy) is 1. The molecule has 0 radical (unpaired) electrons. The van der Waals surface area contributed by atoms with Gasteiger partial charge in [0.2, 0.25) is 0 Å². The Kier molecular flexibility index (Phi) is 5.45. The van der Waals surface area contributed by atoms with E-state index in [1.54, 1.807) is 0 Å². The van der Waals surface area contributed by atoms with E-state index in [4.69, 9.17) is 10.5 Å². The van der Waals surface area contributed by atoms with Crippen LogP contribution in [0.25, 0.3) is 28.3 Å². The number of benzene rings is 6. The molecule has 6 aromatic rings. The summed E-state index contributed by atoms with van der Waals surface area (Å²) in [4.78, 5) is 0. The first-order chi connectivity index (χ1) is 20.7. The van der Waals surface area contributed by atoms with Crippen molar-refractivity contribution >= 4 is 11.8 Å². The zero-order valence-corrected chi connectivity index (χ0v) is 23.2. The largest absolute Gasteiger partial charge is 0.457 e. The highest BCUT2D eigenvalue weighted by atomic mass is 16.5. The third kappa shape index (κ3) is 3.39. The molecule has 0 saturated carbocycles. The maximum absolute atomic E-state index is 7.06. The fourth-order valence-corrected chi connectivity index (χ4v) is 7.18. The third-order valence-electron chi connectivity index (χ3n) is 8.98. The average Bonchev–Trinajstić information content (AvgIpc) is 3.31. The number of para-hydroxylation sites is 2. The number of hydrogen-bond acceptors (Lipinski definition) is 2. The fourth-order valence-electron chi connectivity index (χ4n) is 7.18. The van der Waals surface area contributed by atoms with Crippen molar-refractivity contribution in [3.63, 3.8) is 0 Å². The predicted molar refractivity (Wildman–Crippen MR) is 173 cm³/mol. The quantitative estimate of drug-likeness (QED) is 0.226. The summed E-state index contributed by atoms with van der Waals surface area (Å²) < 4.78 is 6.47. The van der Waals surface area contributed by atoms with Crippen LogP contribution in [-0.2, 0) is 11.8 Å². The van der Waals surface area contributed by atoms with Gasteiger partial charge in [0.1, 0.15) is 11.5 Å². The first kappa shape index (κ1) is 24.5. The molecule has 200 valence electrons. The summed E-state index contributed by atoms with van der Waals surface area (Å²) in [5.41, 5.74) is 20.3. The lowest BCUT2D eigenvalue weighted by atomic mass is 9.66. The number of nitrogens with two attached hydrogens (primary N) is 1. The second kappa shape index (κ2) is 9.36. The predicted octanol–water partition coefficient (Wildman–Crippen LogP) is 9.64. The molecule has 2 nitrogen and oxygen atoms in total. The van der Waals surface area contributed by atoms with Gasteiger partial charge in [0, 0.05) is 22.4 Å². The molecule has 2 heteroatoms. The summed E-state index contributed by atoms with van der Waals surface area (Å²) >= 11 is 0. The Bertz CT molecular complexity index is 1990. The van der Waals surface area contributed by atoms with Gasteiger partial charge in [-0.3, -0.25) is 0 Å². The van der Waals surface area contributed by atoms with Gasteiger partial charge in [-0.1, -0.05) is 122 Å². The first-order valence-electron chi connectivity index (χ1n) is 14.4. The van der Waals surface area contributed by atoms with Crippen LogP contribution < -0.4 is 10.5 Å². The van der Waals surface area contributed by atoms with Gasteiger partial charge in [-0.05, 0) is 75.2 Å². The molecule has 0 aromatic heterocycles. The van der Waals surface area contributed by atoms with E-state index in [1.807, 2.05) is 18.2 Å². The van der Waals surface area contributed by atoms with E-state index in [0.717, 1.165) is 51.4 Å². The molecule has 1 spiro atoms. The van der Waals surface area contributed by atoms with E-state index in [9.17, 15) is 0 Å². The number of anilines is 1. The van der Waals surface area contributed by atoms with E-state index < -0.39 is 5.41 Å². The molecular weight excluding hydrogens is 510 g/mol. The van der Waals surface area contributed by atoms with E-state index in [0.29, 0.717) is 0 Å². The standard InChI is InChI=1S/C40H29NO/c1-2-26-13-3-4-14-27(26)23-28-15-5-6-16-29(28)32-24-31-30-17-7-8-18-33(30)40(36(31)25-37(32)41)34-19-9-11-21-38(34)42-39-22-12-10-20-35(39)40/h2-22,24-25H,1,23,41H2. The molecular formula is C40H29NO.